The highest BCUT2D eigenvalue weighted by atomic mass is 32.2. The van der Waals surface area contributed by atoms with Crippen LogP contribution >= 0.6 is 0 Å². The van der Waals surface area contributed by atoms with Gasteiger partial charge >= 0.3 is 0 Å². The molecule has 9 heteroatoms. The van der Waals surface area contributed by atoms with Crippen LogP contribution < -0.4 is 23.8 Å². The molecule has 4 rings (SSSR count). The molecule has 8 nitrogen and oxygen atoms in total. The molecule has 1 N–H and O–H groups in total. The fraction of sp³-hybridized carbons (Fsp3) is 0.240. The first-order valence-electron chi connectivity index (χ1n) is 10.8. The number of nitrogens with zero attached hydrogens (tertiary/aromatic N) is 1. The highest BCUT2D eigenvalue weighted by Crippen LogP contribution is 2.38. The van der Waals surface area contributed by atoms with Gasteiger partial charge in [0.25, 0.3) is 15.9 Å². The third kappa shape index (κ3) is 4.79. The Labute approximate surface area is 199 Å². The Balaban J connectivity index is 1.57. The van der Waals surface area contributed by atoms with Gasteiger partial charge in [-0.2, -0.15) is 0 Å². The molecule has 0 fully saturated rings. The standard InChI is InChI=1S/C25H26N2O6S/c1-31-22-13-12-19(16-23(22)32-2)34(29,30)27-17-24(33-21-11-7-6-10-20(21)27)25(28)26-15-14-18-8-4-3-5-9-18/h3-13,16,24H,14-15,17H2,1-2H3,(H,26,28)/t24-/m1/s1. The van der Waals surface area contributed by atoms with Crippen LogP contribution in [0.5, 0.6) is 17.2 Å². The molecular weight excluding hydrogens is 456 g/mol. The van der Waals surface area contributed by atoms with Crippen LogP contribution in [0.2, 0.25) is 0 Å². The second-order valence-corrected chi connectivity index (χ2v) is 9.52. The van der Waals surface area contributed by atoms with Crippen molar-refractivity contribution in [3.8, 4) is 17.2 Å². The maximum atomic E-state index is 13.6. The molecule has 0 unspecified atom stereocenters. The van der Waals surface area contributed by atoms with E-state index in [-0.39, 0.29) is 17.3 Å². The number of benzene rings is 3. The summed E-state index contributed by atoms with van der Waals surface area (Å²) in [4.78, 5) is 12.9. The van der Waals surface area contributed by atoms with Crippen LogP contribution in [-0.2, 0) is 21.2 Å². The summed E-state index contributed by atoms with van der Waals surface area (Å²) in [7, 11) is -1.11. The first kappa shape index (κ1) is 23.4. The number of carbonyl (C=O) groups is 1. The van der Waals surface area contributed by atoms with Gasteiger partial charge in [0.1, 0.15) is 5.75 Å². The molecule has 1 amide bonds. The number of amides is 1. The third-order valence-corrected chi connectivity index (χ3v) is 7.30. The zero-order valence-corrected chi connectivity index (χ0v) is 19.7. The number of carbonyl (C=O) groups excluding carboxylic acids is 1. The van der Waals surface area contributed by atoms with E-state index in [0.717, 1.165) is 5.56 Å². The minimum Gasteiger partial charge on any atom is -0.493 e. The van der Waals surface area contributed by atoms with E-state index < -0.39 is 16.1 Å². The van der Waals surface area contributed by atoms with Crippen LogP contribution in [0.3, 0.4) is 0 Å². The topological polar surface area (TPSA) is 94.2 Å². The van der Waals surface area contributed by atoms with Crippen molar-refractivity contribution in [3.05, 3.63) is 78.4 Å². The van der Waals surface area contributed by atoms with Crippen LogP contribution in [0.25, 0.3) is 0 Å². The van der Waals surface area contributed by atoms with Crippen LogP contribution in [0.4, 0.5) is 5.69 Å². The van der Waals surface area contributed by atoms with Crippen molar-refractivity contribution in [2.45, 2.75) is 17.4 Å². The SMILES string of the molecule is COc1ccc(S(=O)(=O)N2C[C@H](C(=O)NCCc3ccccc3)Oc3ccccc32)cc1OC. The van der Waals surface area contributed by atoms with Crippen LogP contribution in [0.1, 0.15) is 5.56 Å². The summed E-state index contributed by atoms with van der Waals surface area (Å²) < 4.78 is 44.8. The van der Waals surface area contributed by atoms with Crippen molar-refractivity contribution in [1.82, 2.24) is 5.32 Å². The zero-order valence-electron chi connectivity index (χ0n) is 18.9. The molecular formula is C25H26N2O6S. The van der Waals surface area contributed by atoms with Gasteiger partial charge in [-0.1, -0.05) is 42.5 Å². The highest BCUT2D eigenvalue weighted by Gasteiger charge is 2.37. The zero-order chi connectivity index (χ0) is 24.1. The summed E-state index contributed by atoms with van der Waals surface area (Å²) in [6, 6.07) is 20.9. The fourth-order valence-corrected chi connectivity index (χ4v) is 5.25. The van der Waals surface area contributed by atoms with E-state index in [0.29, 0.717) is 35.9 Å². The quantitative estimate of drug-likeness (QED) is 0.531. The van der Waals surface area contributed by atoms with Gasteiger partial charge < -0.3 is 19.5 Å². The number of ether oxygens (including phenoxy) is 3. The number of rotatable bonds is 8. The lowest BCUT2D eigenvalue weighted by atomic mass is 10.1. The molecule has 0 radical (unpaired) electrons. The maximum absolute atomic E-state index is 13.6. The average molecular weight is 483 g/mol. The molecule has 0 spiro atoms. The monoisotopic (exact) mass is 482 g/mol. The smallest absolute Gasteiger partial charge is 0.264 e. The van der Waals surface area contributed by atoms with E-state index in [2.05, 4.69) is 5.32 Å². The summed E-state index contributed by atoms with van der Waals surface area (Å²) in [5.74, 6) is 0.652. The molecule has 1 heterocycles. The molecule has 1 aliphatic rings. The van der Waals surface area contributed by atoms with Crippen molar-refractivity contribution >= 4 is 21.6 Å². The lowest BCUT2D eigenvalue weighted by Gasteiger charge is -2.34. The number of nitrogens with one attached hydrogen (secondary N) is 1. The lowest BCUT2D eigenvalue weighted by Crippen LogP contribution is -2.51. The highest BCUT2D eigenvalue weighted by molar-refractivity contribution is 7.92. The van der Waals surface area contributed by atoms with Gasteiger partial charge in [0.15, 0.2) is 17.6 Å². The first-order valence-corrected chi connectivity index (χ1v) is 12.2. The summed E-state index contributed by atoms with van der Waals surface area (Å²) >= 11 is 0. The second kappa shape index (κ2) is 10.0. The molecule has 1 atom stereocenters. The Bertz CT molecular complexity index is 1260. The number of anilines is 1. The van der Waals surface area contributed by atoms with Gasteiger partial charge in [0.2, 0.25) is 0 Å². The number of sulfonamides is 1. The molecule has 3 aromatic rings. The predicted octanol–water partition coefficient (Wildman–Crippen LogP) is 3.02. The van der Waals surface area contributed by atoms with Crippen LogP contribution in [0, 0.1) is 0 Å². The molecule has 3 aromatic carbocycles. The van der Waals surface area contributed by atoms with Gasteiger partial charge in [-0.05, 0) is 36.2 Å². The van der Waals surface area contributed by atoms with Crippen molar-refractivity contribution in [1.29, 1.82) is 0 Å². The minimum absolute atomic E-state index is 0.0186. The van der Waals surface area contributed by atoms with Gasteiger partial charge in [-0.25, -0.2) is 8.42 Å². The minimum atomic E-state index is -4.03. The number of hydrogen-bond donors (Lipinski definition) is 1. The van der Waals surface area contributed by atoms with E-state index >= 15 is 0 Å². The number of hydrogen-bond acceptors (Lipinski definition) is 6. The second-order valence-electron chi connectivity index (χ2n) is 7.65. The van der Waals surface area contributed by atoms with Gasteiger partial charge in [-0.3, -0.25) is 9.10 Å². The molecule has 34 heavy (non-hydrogen) atoms. The Hall–Kier alpha value is -3.72. The van der Waals surface area contributed by atoms with Gasteiger partial charge in [0, 0.05) is 12.6 Å². The van der Waals surface area contributed by atoms with Crippen molar-refractivity contribution < 1.29 is 27.4 Å². The third-order valence-electron chi connectivity index (χ3n) is 5.53. The molecule has 0 saturated carbocycles. The molecule has 178 valence electrons. The molecule has 0 aliphatic carbocycles. The van der Waals surface area contributed by atoms with Crippen LogP contribution in [0.15, 0.2) is 77.7 Å². The number of methoxy groups -OCH3 is 2. The lowest BCUT2D eigenvalue weighted by molar-refractivity contribution is -0.127. The predicted molar refractivity (Wildman–Crippen MR) is 128 cm³/mol. The van der Waals surface area contributed by atoms with Crippen molar-refractivity contribution in [2.75, 3.05) is 31.6 Å². The van der Waals surface area contributed by atoms with Crippen LogP contribution in [-0.4, -0.2) is 47.7 Å². The maximum Gasteiger partial charge on any atom is 0.264 e. The molecule has 0 saturated heterocycles. The van der Waals surface area contributed by atoms with Gasteiger partial charge in [0.05, 0.1) is 31.3 Å². The largest absolute Gasteiger partial charge is 0.493 e. The molecule has 0 bridgehead atoms. The summed E-state index contributed by atoms with van der Waals surface area (Å²) in [5.41, 5.74) is 1.46. The number of fused-ring (bicyclic) bond motifs is 1. The van der Waals surface area contributed by atoms with Gasteiger partial charge in [-0.15, -0.1) is 0 Å². The first-order chi connectivity index (χ1) is 16.4. The number of para-hydroxylation sites is 2. The van der Waals surface area contributed by atoms with E-state index in [1.54, 1.807) is 24.3 Å². The summed E-state index contributed by atoms with van der Waals surface area (Å²) in [6.45, 7) is 0.248. The normalized spacial score (nSPS) is 15.1. The van der Waals surface area contributed by atoms with Crippen molar-refractivity contribution in [3.63, 3.8) is 0 Å². The van der Waals surface area contributed by atoms with E-state index in [4.69, 9.17) is 14.2 Å². The Morgan fingerprint density at radius 3 is 2.44 bits per heavy atom. The Kier molecular flexibility index (Phi) is 6.93. The van der Waals surface area contributed by atoms with Crippen molar-refractivity contribution in [2.24, 2.45) is 0 Å². The summed E-state index contributed by atoms with van der Waals surface area (Å²) in [5, 5.41) is 2.85. The summed E-state index contributed by atoms with van der Waals surface area (Å²) in [6.07, 6.45) is -0.343. The molecule has 0 aromatic heterocycles. The average Bonchev–Trinajstić information content (AvgIpc) is 2.88. The van der Waals surface area contributed by atoms with E-state index in [1.807, 2.05) is 30.3 Å². The fourth-order valence-electron chi connectivity index (χ4n) is 3.76. The van der Waals surface area contributed by atoms with E-state index in [1.165, 1.54) is 36.7 Å². The Morgan fingerprint density at radius 1 is 1.00 bits per heavy atom. The Morgan fingerprint density at radius 2 is 1.71 bits per heavy atom. The van der Waals surface area contributed by atoms with E-state index in [9.17, 15) is 13.2 Å². The molecule has 1 aliphatic heterocycles.